The molecule has 5 rings (SSSR count). The zero-order chi connectivity index (χ0) is 26.3. The van der Waals surface area contributed by atoms with E-state index in [-0.39, 0.29) is 35.5 Å². The summed E-state index contributed by atoms with van der Waals surface area (Å²) in [6.07, 6.45) is -7.41. The van der Waals surface area contributed by atoms with Crippen molar-refractivity contribution < 1.29 is 54.0 Å². The predicted molar refractivity (Wildman–Crippen MR) is 126 cm³/mol. The van der Waals surface area contributed by atoms with Crippen molar-refractivity contribution in [1.82, 2.24) is 0 Å². The highest BCUT2D eigenvalue weighted by Crippen LogP contribution is 2.51. The molecule has 0 radical (unpaired) electrons. The fraction of sp³-hybridized carbons (Fsp3) is 0.538. The van der Waals surface area contributed by atoms with Crippen molar-refractivity contribution in [3.8, 4) is 23.0 Å². The topological polar surface area (TPSA) is 157 Å². The molecule has 9 atom stereocenters. The van der Waals surface area contributed by atoms with E-state index in [2.05, 4.69) is 0 Å². The molecule has 2 aromatic carbocycles. The Morgan fingerprint density at radius 2 is 1.38 bits per heavy atom. The van der Waals surface area contributed by atoms with Crippen molar-refractivity contribution in [3.63, 3.8) is 0 Å². The number of aliphatic hydroxyl groups is 4. The maximum atomic E-state index is 10.3. The summed E-state index contributed by atoms with van der Waals surface area (Å²) in [6.45, 7) is 0.436. The normalized spacial score (nSPS) is 35.2. The van der Waals surface area contributed by atoms with Crippen LogP contribution in [0.4, 0.5) is 0 Å². The molecule has 3 saturated heterocycles. The lowest BCUT2D eigenvalue weighted by Crippen LogP contribution is -2.60. The van der Waals surface area contributed by atoms with E-state index in [0.717, 1.165) is 11.1 Å². The molecule has 5 N–H and O–H groups in total. The third-order valence-electron chi connectivity index (χ3n) is 7.40. The average Bonchev–Trinajstić information content (AvgIpc) is 3.52. The minimum Gasteiger partial charge on any atom is -0.504 e. The average molecular weight is 521 g/mol. The minimum absolute atomic E-state index is 0.0689. The molecule has 11 heteroatoms. The number of fused-ring (bicyclic) bond motifs is 1. The maximum absolute atomic E-state index is 10.3. The minimum atomic E-state index is -1.55. The molecule has 0 aliphatic carbocycles. The van der Waals surface area contributed by atoms with Gasteiger partial charge in [-0.1, -0.05) is 12.1 Å². The molecule has 3 aliphatic rings. The van der Waals surface area contributed by atoms with Crippen LogP contribution in [0.1, 0.15) is 23.3 Å². The Hall–Kier alpha value is -2.64. The molecule has 11 nitrogen and oxygen atoms in total. The number of phenolic OH excluding ortho intramolecular Hbond substituents is 1. The third kappa shape index (κ3) is 4.72. The first-order valence-electron chi connectivity index (χ1n) is 12.1. The van der Waals surface area contributed by atoms with Gasteiger partial charge in [0, 0.05) is 11.8 Å². The standard InChI is InChI=1S/C26H32O11/c1-32-18-7-12(3-5-16(18)28)24-14-10-35-25(15(14)11-34-24)13-4-6-17(19(8-13)33-2)36-26-23(31)22(30)21(29)20(9-27)37-26/h3-8,14-15,20-31H,9-11H2,1-2H3/t14-,15+,20+,21-,22-,23+,24+,25-,26+/m1/s1. The first-order chi connectivity index (χ1) is 17.9. The smallest absolute Gasteiger partial charge is 0.229 e. The van der Waals surface area contributed by atoms with E-state index in [4.69, 9.17) is 28.4 Å². The van der Waals surface area contributed by atoms with Crippen LogP contribution in [-0.4, -0.2) is 90.3 Å². The number of hydrogen-bond acceptors (Lipinski definition) is 11. The number of benzene rings is 2. The van der Waals surface area contributed by atoms with E-state index in [1.165, 1.54) is 14.2 Å². The molecule has 3 heterocycles. The van der Waals surface area contributed by atoms with Gasteiger partial charge in [-0.2, -0.15) is 0 Å². The monoisotopic (exact) mass is 520 g/mol. The van der Waals surface area contributed by atoms with Crippen molar-refractivity contribution in [2.24, 2.45) is 11.8 Å². The largest absolute Gasteiger partial charge is 0.504 e. The van der Waals surface area contributed by atoms with Crippen LogP contribution < -0.4 is 14.2 Å². The molecular weight excluding hydrogens is 488 g/mol. The number of aromatic hydroxyl groups is 1. The summed E-state index contributed by atoms with van der Waals surface area (Å²) in [4.78, 5) is 0. The first kappa shape index (κ1) is 26.0. The highest BCUT2D eigenvalue weighted by molar-refractivity contribution is 5.45. The lowest BCUT2D eigenvalue weighted by atomic mass is 9.85. The lowest BCUT2D eigenvalue weighted by Gasteiger charge is -2.39. The van der Waals surface area contributed by atoms with Crippen LogP contribution >= 0.6 is 0 Å². The van der Waals surface area contributed by atoms with Crippen molar-refractivity contribution in [1.29, 1.82) is 0 Å². The Morgan fingerprint density at radius 1 is 0.784 bits per heavy atom. The molecule has 0 bridgehead atoms. The van der Waals surface area contributed by atoms with Crippen molar-refractivity contribution in [2.75, 3.05) is 34.0 Å². The number of hydrogen-bond donors (Lipinski definition) is 5. The summed E-state index contributed by atoms with van der Waals surface area (Å²) >= 11 is 0. The number of ether oxygens (including phenoxy) is 6. The van der Waals surface area contributed by atoms with E-state index >= 15 is 0 Å². The molecule has 3 fully saturated rings. The number of aliphatic hydroxyl groups excluding tert-OH is 4. The molecule has 2 aromatic rings. The van der Waals surface area contributed by atoms with Gasteiger partial charge in [-0.3, -0.25) is 0 Å². The van der Waals surface area contributed by atoms with Crippen molar-refractivity contribution >= 4 is 0 Å². The SMILES string of the molecule is COc1cc([C@@H]2OC[C@H]3[C@H]2CO[C@@H]3c2ccc(O[C@H]3O[C@@H](CO)[C@@H](O)[C@@H](O)[C@@H]3O)c(OC)c2)ccc1O. The van der Waals surface area contributed by atoms with Gasteiger partial charge in [0.05, 0.1) is 46.2 Å². The van der Waals surface area contributed by atoms with Crippen LogP contribution in [0.15, 0.2) is 36.4 Å². The van der Waals surface area contributed by atoms with Gasteiger partial charge in [-0.25, -0.2) is 0 Å². The van der Waals surface area contributed by atoms with Crippen LogP contribution in [0.5, 0.6) is 23.0 Å². The van der Waals surface area contributed by atoms with Gasteiger partial charge in [0.15, 0.2) is 23.0 Å². The summed E-state index contributed by atoms with van der Waals surface area (Å²) in [5.41, 5.74) is 1.77. The molecule has 3 aliphatic heterocycles. The Morgan fingerprint density at radius 3 is 1.97 bits per heavy atom. The number of methoxy groups -OCH3 is 2. The van der Waals surface area contributed by atoms with Gasteiger partial charge < -0.3 is 54.0 Å². The number of phenols is 1. The van der Waals surface area contributed by atoms with Gasteiger partial charge in [-0.05, 0) is 35.4 Å². The van der Waals surface area contributed by atoms with E-state index in [1.54, 1.807) is 24.3 Å². The van der Waals surface area contributed by atoms with Crippen molar-refractivity contribution in [2.45, 2.75) is 42.9 Å². The van der Waals surface area contributed by atoms with Crippen LogP contribution in [0, 0.1) is 11.8 Å². The number of rotatable bonds is 7. The van der Waals surface area contributed by atoms with Crippen LogP contribution in [0.2, 0.25) is 0 Å². The molecule has 0 unspecified atom stereocenters. The Kier molecular flexibility index (Phi) is 7.46. The summed E-state index contributed by atoms with van der Waals surface area (Å²) < 4.78 is 34.3. The second-order valence-electron chi connectivity index (χ2n) is 9.49. The second-order valence-corrected chi connectivity index (χ2v) is 9.49. The summed E-state index contributed by atoms with van der Waals surface area (Å²) in [5, 5.41) is 49.7. The Labute approximate surface area is 213 Å². The van der Waals surface area contributed by atoms with Gasteiger partial charge in [0.1, 0.15) is 24.4 Å². The molecule has 37 heavy (non-hydrogen) atoms. The maximum Gasteiger partial charge on any atom is 0.229 e. The predicted octanol–water partition coefficient (Wildman–Crippen LogP) is 0.663. The quantitative estimate of drug-likeness (QED) is 0.349. The summed E-state index contributed by atoms with van der Waals surface area (Å²) in [6, 6.07) is 10.5. The van der Waals surface area contributed by atoms with E-state index < -0.39 is 37.3 Å². The fourth-order valence-electron chi connectivity index (χ4n) is 5.35. The molecule has 0 amide bonds. The van der Waals surface area contributed by atoms with E-state index in [9.17, 15) is 25.5 Å². The van der Waals surface area contributed by atoms with Crippen LogP contribution in [-0.2, 0) is 14.2 Å². The highest BCUT2D eigenvalue weighted by Gasteiger charge is 2.49. The molecule has 0 spiro atoms. The molecule has 0 saturated carbocycles. The van der Waals surface area contributed by atoms with Gasteiger partial charge in [0.25, 0.3) is 0 Å². The fourth-order valence-corrected chi connectivity index (χ4v) is 5.35. The first-order valence-corrected chi connectivity index (χ1v) is 12.1. The van der Waals surface area contributed by atoms with Crippen molar-refractivity contribution in [3.05, 3.63) is 47.5 Å². The Bertz CT molecular complexity index is 1090. The summed E-state index contributed by atoms with van der Waals surface area (Å²) in [5.74, 6) is 1.27. The van der Waals surface area contributed by atoms with Crippen LogP contribution in [0.25, 0.3) is 0 Å². The van der Waals surface area contributed by atoms with Gasteiger partial charge in [0.2, 0.25) is 6.29 Å². The van der Waals surface area contributed by atoms with Gasteiger partial charge >= 0.3 is 0 Å². The highest BCUT2D eigenvalue weighted by atomic mass is 16.7. The van der Waals surface area contributed by atoms with E-state index in [1.807, 2.05) is 12.1 Å². The second kappa shape index (κ2) is 10.6. The molecular formula is C26H32O11. The van der Waals surface area contributed by atoms with Gasteiger partial charge in [-0.15, -0.1) is 0 Å². The summed E-state index contributed by atoms with van der Waals surface area (Å²) in [7, 11) is 2.98. The van der Waals surface area contributed by atoms with Crippen LogP contribution in [0.3, 0.4) is 0 Å². The third-order valence-corrected chi connectivity index (χ3v) is 7.40. The molecule has 202 valence electrons. The molecule has 0 aromatic heterocycles. The zero-order valence-corrected chi connectivity index (χ0v) is 20.5. The van der Waals surface area contributed by atoms with E-state index in [0.29, 0.717) is 24.7 Å². The zero-order valence-electron chi connectivity index (χ0n) is 20.5. The Balaban J connectivity index is 1.32. The lowest BCUT2D eigenvalue weighted by molar-refractivity contribution is -0.277.